The van der Waals surface area contributed by atoms with Crippen LogP contribution < -0.4 is 0 Å². The fourth-order valence-corrected chi connectivity index (χ4v) is 5.67. The van der Waals surface area contributed by atoms with E-state index in [2.05, 4.69) is 11.1 Å². The molecule has 146 valence electrons. The molecule has 1 atom stereocenters. The molecule has 1 fully saturated rings. The molecule has 1 amide bonds. The van der Waals surface area contributed by atoms with Crippen LogP contribution in [0.2, 0.25) is 0 Å². The van der Waals surface area contributed by atoms with Gasteiger partial charge in [-0.05, 0) is 49.2 Å². The van der Waals surface area contributed by atoms with Crippen LogP contribution in [0, 0.1) is 5.82 Å². The first-order chi connectivity index (χ1) is 14.2. The van der Waals surface area contributed by atoms with E-state index in [0.29, 0.717) is 0 Å². The predicted molar refractivity (Wildman–Crippen MR) is 115 cm³/mol. The number of thiazole rings is 2. The fourth-order valence-electron chi connectivity index (χ4n) is 3.72. The van der Waals surface area contributed by atoms with Crippen LogP contribution >= 0.6 is 22.7 Å². The molecule has 3 heterocycles. The van der Waals surface area contributed by atoms with Crippen LogP contribution in [0.1, 0.15) is 29.6 Å². The lowest BCUT2D eigenvalue weighted by Gasteiger charge is -2.22. The van der Waals surface area contributed by atoms with Crippen molar-refractivity contribution in [2.75, 3.05) is 6.54 Å². The van der Waals surface area contributed by atoms with Crippen LogP contribution in [0.5, 0.6) is 0 Å². The first-order valence-electron chi connectivity index (χ1n) is 9.53. The standard InChI is InChI=1S/C22H18FN3OS2/c23-15-9-7-14(8-10-15)21-24-16(13-28-21)12-20(27)26-11-3-5-18(26)22-25-17-4-1-2-6-19(17)29-22/h1-2,4,6-10,13,18H,3,5,11-12H2/t18-/m1/s1. The molecule has 0 spiro atoms. The third-order valence-electron chi connectivity index (χ3n) is 5.14. The lowest BCUT2D eigenvalue weighted by atomic mass is 10.2. The topological polar surface area (TPSA) is 46.1 Å². The third-order valence-corrected chi connectivity index (χ3v) is 7.22. The number of halogens is 1. The summed E-state index contributed by atoms with van der Waals surface area (Å²) < 4.78 is 14.3. The Labute approximate surface area is 175 Å². The number of benzene rings is 2. The maximum absolute atomic E-state index is 13.1. The molecule has 7 heteroatoms. The molecule has 0 bridgehead atoms. The summed E-state index contributed by atoms with van der Waals surface area (Å²) >= 11 is 3.15. The normalized spacial score (nSPS) is 16.6. The van der Waals surface area contributed by atoms with Gasteiger partial charge in [0.2, 0.25) is 5.91 Å². The average molecular weight is 424 g/mol. The Balaban J connectivity index is 1.33. The van der Waals surface area contributed by atoms with Crippen molar-refractivity contribution in [3.8, 4) is 10.6 Å². The summed E-state index contributed by atoms with van der Waals surface area (Å²) in [6, 6.07) is 14.4. The van der Waals surface area contributed by atoms with E-state index in [0.717, 1.165) is 50.9 Å². The van der Waals surface area contributed by atoms with Crippen LogP contribution in [0.15, 0.2) is 53.9 Å². The molecule has 2 aromatic heterocycles. The van der Waals surface area contributed by atoms with Crippen molar-refractivity contribution in [2.45, 2.75) is 25.3 Å². The molecule has 1 saturated heterocycles. The van der Waals surface area contributed by atoms with Gasteiger partial charge >= 0.3 is 0 Å². The molecule has 1 aliphatic heterocycles. The summed E-state index contributed by atoms with van der Waals surface area (Å²) in [5, 5.41) is 3.73. The van der Waals surface area contributed by atoms with Gasteiger partial charge in [-0.3, -0.25) is 4.79 Å². The van der Waals surface area contributed by atoms with Gasteiger partial charge in [-0.1, -0.05) is 12.1 Å². The predicted octanol–water partition coefficient (Wildman–Crippen LogP) is 5.47. The number of hydrogen-bond donors (Lipinski definition) is 0. The molecule has 4 aromatic rings. The smallest absolute Gasteiger partial charge is 0.229 e. The quantitative estimate of drug-likeness (QED) is 0.438. The molecule has 29 heavy (non-hydrogen) atoms. The Bertz CT molecular complexity index is 1140. The van der Waals surface area contributed by atoms with E-state index < -0.39 is 0 Å². The van der Waals surface area contributed by atoms with E-state index in [1.165, 1.54) is 23.5 Å². The Morgan fingerprint density at radius 1 is 1.14 bits per heavy atom. The molecule has 0 N–H and O–H groups in total. The van der Waals surface area contributed by atoms with Crippen LogP contribution in [0.3, 0.4) is 0 Å². The Morgan fingerprint density at radius 3 is 2.79 bits per heavy atom. The summed E-state index contributed by atoms with van der Waals surface area (Å²) in [4.78, 5) is 24.3. The zero-order valence-corrected chi connectivity index (χ0v) is 17.2. The molecule has 0 radical (unpaired) electrons. The van der Waals surface area contributed by atoms with Crippen molar-refractivity contribution in [3.63, 3.8) is 0 Å². The van der Waals surface area contributed by atoms with E-state index in [9.17, 15) is 9.18 Å². The van der Waals surface area contributed by atoms with Gasteiger partial charge < -0.3 is 4.90 Å². The molecule has 0 saturated carbocycles. The molecule has 0 aliphatic carbocycles. The summed E-state index contributed by atoms with van der Waals surface area (Å²) in [7, 11) is 0. The number of carbonyl (C=O) groups excluding carboxylic acids is 1. The summed E-state index contributed by atoms with van der Waals surface area (Å²) in [6.07, 6.45) is 2.22. The highest BCUT2D eigenvalue weighted by Gasteiger charge is 2.32. The molecular weight excluding hydrogens is 405 g/mol. The molecule has 5 rings (SSSR count). The van der Waals surface area contributed by atoms with Gasteiger partial charge in [-0.15, -0.1) is 22.7 Å². The minimum Gasteiger partial charge on any atom is -0.333 e. The van der Waals surface area contributed by atoms with E-state index in [-0.39, 0.29) is 24.2 Å². The molecule has 0 unspecified atom stereocenters. The van der Waals surface area contributed by atoms with Crippen molar-refractivity contribution < 1.29 is 9.18 Å². The number of para-hydroxylation sites is 1. The number of nitrogens with zero attached hydrogens (tertiary/aromatic N) is 3. The Morgan fingerprint density at radius 2 is 1.97 bits per heavy atom. The van der Waals surface area contributed by atoms with Crippen LogP contribution in [-0.4, -0.2) is 27.3 Å². The van der Waals surface area contributed by atoms with E-state index in [1.54, 1.807) is 23.5 Å². The van der Waals surface area contributed by atoms with E-state index >= 15 is 0 Å². The summed E-state index contributed by atoms with van der Waals surface area (Å²) in [6.45, 7) is 0.758. The van der Waals surface area contributed by atoms with Crippen molar-refractivity contribution in [3.05, 3.63) is 70.4 Å². The maximum Gasteiger partial charge on any atom is 0.229 e. The fraction of sp³-hybridized carbons (Fsp3) is 0.227. The first kappa shape index (κ1) is 18.4. The van der Waals surface area contributed by atoms with Crippen molar-refractivity contribution in [1.82, 2.24) is 14.9 Å². The number of amides is 1. The van der Waals surface area contributed by atoms with Gasteiger partial charge in [0, 0.05) is 17.5 Å². The largest absolute Gasteiger partial charge is 0.333 e. The van der Waals surface area contributed by atoms with Gasteiger partial charge in [0.15, 0.2) is 0 Å². The zero-order chi connectivity index (χ0) is 19.8. The SMILES string of the molecule is O=C(Cc1csc(-c2ccc(F)cc2)n1)N1CCC[C@@H]1c1nc2ccccc2s1. The second-order valence-electron chi connectivity index (χ2n) is 7.09. The number of hydrogen-bond acceptors (Lipinski definition) is 5. The molecular formula is C22H18FN3OS2. The zero-order valence-electron chi connectivity index (χ0n) is 15.5. The van der Waals surface area contributed by atoms with Gasteiger partial charge in [-0.25, -0.2) is 14.4 Å². The van der Waals surface area contributed by atoms with Gasteiger partial charge in [-0.2, -0.15) is 0 Å². The van der Waals surface area contributed by atoms with E-state index in [4.69, 9.17) is 4.98 Å². The van der Waals surface area contributed by atoms with Crippen LogP contribution in [-0.2, 0) is 11.2 Å². The van der Waals surface area contributed by atoms with Gasteiger partial charge in [0.25, 0.3) is 0 Å². The number of fused-ring (bicyclic) bond motifs is 1. The highest BCUT2D eigenvalue weighted by Crippen LogP contribution is 2.37. The lowest BCUT2D eigenvalue weighted by Crippen LogP contribution is -2.31. The van der Waals surface area contributed by atoms with Crippen LogP contribution in [0.4, 0.5) is 4.39 Å². The highest BCUT2D eigenvalue weighted by atomic mass is 32.1. The monoisotopic (exact) mass is 423 g/mol. The third kappa shape index (κ3) is 3.68. The van der Waals surface area contributed by atoms with Crippen molar-refractivity contribution >= 4 is 38.8 Å². The van der Waals surface area contributed by atoms with Crippen molar-refractivity contribution in [1.29, 1.82) is 0 Å². The summed E-state index contributed by atoms with van der Waals surface area (Å²) in [5.41, 5.74) is 2.62. The summed E-state index contributed by atoms with van der Waals surface area (Å²) in [5.74, 6) is -0.182. The van der Waals surface area contributed by atoms with E-state index in [1.807, 2.05) is 28.5 Å². The van der Waals surface area contributed by atoms with Crippen LogP contribution in [0.25, 0.3) is 20.8 Å². The number of likely N-dealkylation sites (tertiary alicyclic amines) is 1. The highest BCUT2D eigenvalue weighted by molar-refractivity contribution is 7.18. The molecule has 4 nitrogen and oxygen atoms in total. The number of rotatable bonds is 4. The number of aromatic nitrogens is 2. The molecule has 2 aromatic carbocycles. The first-order valence-corrected chi connectivity index (χ1v) is 11.2. The van der Waals surface area contributed by atoms with Crippen molar-refractivity contribution in [2.24, 2.45) is 0 Å². The molecule has 1 aliphatic rings. The van der Waals surface area contributed by atoms with Gasteiger partial charge in [0.1, 0.15) is 15.8 Å². The minimum absolute atomic E-state index is 0.0510. The maximum atomic E-state index is 13.1. The minimum atomic E-state index is -0.268. The second kappa shape index (κ2) is 7.65. The Kier molecular flexibility index (Phi) is 4.85. The average Bonchev–Trinajstić information content (AvgIpc) is 3.47. The lowest BCUT2D eigenvalue weighted by molar-refractivity contribution is -0.131. The van der Waals surface area contributed by atoms with Gasteiger partial charge in [0.05, 0.1) is 28.4 Å². The number of carbonyl (C=O) groups is 1. The second-order valence-corrected chi connectivity index (χ2v) is 9.01. The Hall–Kier alpha value is -2.64.